The number of aromatic amines is 1. The molecule has 7 heteroatoms. The number of hydrogen-bond acceptors (Lipinski definition) is 4. The first-order valence-corrected chi connectivity index (χ1v) is 10.2. The van der Waals surface area contributed by atoms with Crippen LogP contribution < -0.4 is 5.32 Å². The van der Waals surface area contributed by atoms with Crippen molar-refractivity contribution in [2.45, 2.75) is 40.2 Å². The van der Waals surface area contributed by atoms with E-state index in [2.05, 4.69) is 31.3 Å². The summed E-state index contributed by atoms with van der Waals surface area (Å²) in [6.45, 7) is 8.67. The van der Waals surface area contributed by atoms with Gasteiger partial charge < -0.3 is 10.3 Å². The van der Waals surface area contributed by atoms with Crippen LogP contribution in [-0.4, -0.2) is 43.6 Å². The van der Waals surface area contributed by atoms with Gasteiger partial charge in [0.1, 0.15) is 5.82 Å². The maximum atomic E-state index is 12.7. The Morgan fingerprint density at radius 1 is 1.17 bits per heavy atom. The molecule has 1 fully saturated rings. The van der Waals surface area contributed by atoms with Gasteiger partial charge in [0.2, 0.25) is 5.91 Å². The number of benzene rings is 1. The zero-order valence-electron chi connectivity index (χ0n) is 17.3. The summed E-state index contributed by atoms with van der Waals surface area (Å²) in [6.07, 6.45) is 3.60. The highest BCUT2D eigenvalue weighted by Gasteiger charge is 2.25. The Morgan fingerprint density at radius 3 is 2.48 bits per heavy atom. The molecule has 0 aliphatic carbocycles. The molecule has 1 aliphatic heterocycles. The standard InChI is InChI=1S/C22H28N6O/c1-15-12-17(3)28(26-15)20-6-4-19(5-7-20)25-22(29)18-8-10-27(11-9-18)14-21-23-13-16(2)24-21/h4-7,12-13,18H,8-11,14H2,1-3H3,(H,23,24)(H,25,29). The molecule has 3 aromatic rings. The van der Waals surface area contributed by atoms with Crippen molar-refractivity contribution in [2.75, 3.05) is 18.4 Å². The summed E-state index contributed by atoms with van der Waals surface area (Å²) in [6, 6.07) is 9.91. The van der Waals surface area contributed by atoms with Crippen LogP contribution in [0.5, 0.6) is 0 Å². The van der Waals surface area contributed by atoms with E-state index in [1.165, 1.54) is 0 Å². The molecule has 1 aromatic carbocycles. The first-order valence-electron chi connectivity index (χ1n) is 10.2. The highest BCUT2D eigenvalue weighted by atomic mass is 16.1. The molecule has 1 saturated heterocycles. The number of anilines is 1. The fourth-order valence-electron chi connectivity index (χ4n) is 3.93. The number of carbonyl (C=O) groups is 1. The number of H-pyrrole nitrogens is 1. The largest absolute Gasteiger partial charge is 0.345 e. The van der Waals surface area contributed by atoms with E-state index < -0.39 is 0 Å². The summed E-state index contributed by atoms with van der Waals surface area (Å²) < 4.78 is 1.91. The molecule has 0 radical (unpaired) electrons. The van der Waals surface area contributed by atoms with Crippen LogP contribution in [0.25, 0.3) is 5.69 Å². The number of imidazole rings is 1. The smallest absolute Gasteiger partial charge is 0.227 e. The molecule has 0 unspecified atom stereocenters. The fraction of sp³-hybridized carbons (Fsp3) is 0.409. The van der Waals surface area contributed by atoms with Crippen molar-refractivity contribution < 1.29 is 4.79 Å². The first kappa shape index (κ1) is 19.4. The minimum atomic E-state index is 0.0558. The summed E-state index contributed by atoms with van der Waals surface area (Å²) in [5.41, 5.74) is 4.99. The number of nitrogens with zero attached hydrogens (tertiary/aromatic N) is 4. The number of rotatable bonds is 5. The Bertz CT molecular complexity index is 979. The SMILES string of the molecule is Cc1cc(C)n(-c2ccc(NC(=O)C3CCN(Cc4ncc(C)[nH]4)CC3)cc2)n1. The van der Waals surface area contributed by atoms with E-state index in [1.54, 1.807) is 0 Å². The van der Waals surface area contributed by atoms with Crippen LogP contribution in [0.3, 0.4) is 0 Å². The third-order valence-corrected chi connectivity index (χ3v) is 5.48. The molecule has 1 amide bonds. The Labute approximate surface area is 171 Å². The van der Waals surface area contributed by atoms with E-state index in [9.17, 15) is 4.79 Å². The number of piperidine rings is 1. The van der Waals surface area contributed by atoms with Crippen LogP contribution in [-0.2, 0) is 11.3 Å². The first-order chi connectivity index (χ1) is 14.0. The number of aromatic nitrogens is 4. The molecule has 2 N–H and O–H groups in total. The van der Waals surface area contributed by atoms with Crippen molar-refractivity contribution in [3.8, 4) is 5.69 Å². The Balaban J connectivity index is 1.30. The number of likely N-dealkylation sites (tertiary alicyclic amines) is 1. The van der Waals surface area contributed by atoms with Gasteiger partial charge in [0, 0.05) is 29.2 Å². The number of carbonyl (C=O) groups excluding carboxylic acids is 1. The molecule has 0 bridgehead atoms. The predicted molar refractivity (Wildman–Crippen MR) is 113 cm³/mol. The van der Waals surface area contributed by atoms with Crippen LogP contribution in [0.1, 0.15) is 35.7 Å². The summed E-state index contributed by atoms with van der Waals surface area (Å²) in [4.78, 5) is 22.7. The second kappa shape index (κ2) is 8.21. The van der Waals surface area contributed by atoms with Gasteiger partial charge in [-0.15, -0.1) is 0 Å². The topological polar surface area (TPSA) is 78.8 Å². The Hall–Kier alpha value is -2.93. The minimum absolute atomic E-state index is 0.0558. The van der Waals surface area contributed by atoms with E-state index in [0.29, 0.717) is 0 Å². The Morgan fingerprint density at radius 2 is 1.90 bits per heavy atom. The summed E-state index contributed by atoms with van der Waals surface area (Å²) >= 11 is 0. The zero-order chi connectivity index (χ0) is 20.4. The van der Waals surface area contributed by atoms with Gasteiger partial charge >= 0.3 is 0 Å². The average molecular weight is 393 g/mol. The molecule has 0 saturated carbocycles. The number of aryl methyl sites for hydroxylation is 3. The third-order valence-electron chi connectivity index (χ3n) is 5.48. The number of nitrogens with one attached hydrogen (secondary N) is 2. The summed E-state index contributed by atoms with van der Waals surface area (Å²) in [7, 11) is 0. The molecule has 0 atom stereocenters. The average Bonchev–Trinajstić information content (AvgIpc) is 3.27. The fourth-order valence-corrected chi connectivity index (χ4v) is 3.93. The number of amides is 1. The molecular formula is C22H28N6O. The predicted octanol–water partition coefficient (Wildman–Crippen LogP) is 3.37. The molecule has 7 nitrogen and oxygen atoms in total. The van der Waals surface area contributed by atoms with Gasteiger partial charge in [-0.1, -0.05) is 0 Å². The van der Waals surface area contributed by atoms with E-state index in [4.69, 9.17) is 0 Å². The van der Waals surface area contributed by atoms with E-state index in [1.807, 2.05) is 55.9 Å². The minimum Gasteiger partial charge on any atom is -0.345 e. The van der Waals surface area contributed by atoms with Crippen molar-refractivity contribution in [1.29, 1.82) is 0 Å². The van der Waals surface area contributed by atoms with Gasteiger partial charge in [0.25, 0.3) is 0 Å². The highest BCUT2D eigenvalue weighted by Crippen LogP contribution is 2.21. The van der Waals surface area contributed by atoms with Crippen LogP contribution >= 0.6 is 0 Å². The second-order valence-electron chi connectivity index (χ2n) is 7.94. The molecule has 2 aromatic heterocycles. The van der Waals surface area contributed by atoms with Gasteiger partial charge in [0.15, 0.2) is 0 Å². The molecule has 1 aliphatic rings. The zero-order valence-corrected chi connectivity index (χ0v) is 17.3. The van der Waals surface area contributed by atoms with Gasteiger partial charge in [0.05, 0.1) is 17.9 Å². The van der Waals surface area contributed by atoms with Crippen LogP contribution in [0, 0.1) is 26.7 Å². The van der Waals surface area contributed by atoms with Gasteiger partial charge in [-0.3, -0.25) is 9.69 Å². The summed E-state index contributed by atoms with van der Waals surface area (Å²) in [5.74, 6) is 1.16. The van der Waals surface area contributed by atoms with Crippen molar-refractivity contribution in [1.82, 2.24) is 24.6 Å². The van der Waals surface area contributed by atoms with Crippen LogP contribution in [0.15, 0.2) is 36.5 Å². The van der Waals surface area contributed by atoms with Gasteiger partial charge in [-0.2, -0.15) is 5.10 Å². The molecule has 152 valence electrons. The van der Waals surface area contributed by atoms with Crippen LogP contribution in [0.2, 0.25) is 0 Å². The molecule has 3 heterocycles. The van der Waals surface area contributed by atoms with Gasteiger partial charge in [-0.25, -0.2) is 9.67 Å². The molecule has 0 spiro atoms. The molecular weight excluding hydrogens is 364 g/mol. The van der Waals surface area contributed by atoms with Crippen molar-refractivity contribution in [3.63, 3.8) is 0 Å². The van der Waals surface area contributed by atoms with E-state index in [-0.39, 0.29) is 11.8 Å². The van der Waals surface area contributed by atoms with Crippen LogP contribution in [0.4, 0.5) is 5.69 Å². The van der Waals surface area contributed by atoms with Crippen molar-refractivity contribution >= 4 is 11.6 Å². The lowest BCUT2D eigenvalue weighted by Gasteiger charge is -2.30. The Kier molecular flexibility index (Phi) is 5.49. The lowest BCUT2D eigenvalue weighted by molar-refractivity contribution is -0.121. The third kappa shape index (κ3) is 4.56. The van der Waals surface area contributed by atoms with Crippen molar-refractivity contribution in [2.24, 2.45) is 5.92 Å². The quantitative estimate of drug-likeness (QED) is 0.698. The maximum absolute atomic E-state index is 12.7. The monoisotopic (exact) mass is 392 g/mol. The van der Waals surface area contributed by atoms with E-state index in [0.717, 1.165) is 66.8 Å². The normalized spacial score (nSPS) is 15.6. The van der Waals surface area contributed by atoms with Crippen molar-refractivity contribution in [3.05, 3.63) is 59.4 Å². The van der Waals surface area contributed by atoms with E-state index >= 15 is 0 Å². The molecule has 4 rings (SSSR count). The lowest BCUT2D eigenvalue weighted by atomic mass is 9.96. The lowest BCUT2D eigenvalue weighted by Crippen LogP contribution is -2.38. The second-order valence-corrected chi connectivity index (χ2v) is 7.94. The summed E-state index contributed by atoms with van der Waals surface area (Å²) in [5, 5.41) is 7.57. The highest BCUT2D eigenvalue weighted by molar-refractivity contribution is 5.92. The van der Waals surface area contributed by atoms with Gasteiger partial charge in [-0.05, 0) is 77.0 Å². The molecule has 29 heavy (non-hydrogen) atoms. The maximum Gasteiger partial charge on any atom is 0.227 e. The number of hydrogen-bond donors (Lipinski definition) is 2.